The molecule has 0 spiro atoms. The Hall–Kier alpha value is -4.06. The zero-order valence-corrected chi connectivity index (χ0v) is 14.9. The normalized spacial score (nSPS) is 9.86. The maximum atomic E-state index is 9.41. The predicted molar refractivity (Wildman–Crippen MR) is 100 cm³/mol. The Balaban J connectivity index is 0.000000152. The summed E-state index contributed by atoms with van der Waals surface area (Å²) in [6.07, 6.45) is 4.63. The Morgan fingerprint density at radius 3 is 1.32 bits per heavy atom. The molecular formula is C22H18N2O4. The van der Waals surface area contributed by atoms with Gasteiger partial charge in [0.25, 0.3) is 0 Å². The molecule has 2 aromatic carbocycles. The molecule has 0 saturated heterocycles. The summed E-state index contributed by atoms with van der Waals surface area (Å²) in [6, 6.07) is 24.6. The first-order chi connectivity index (χ1) is 13.6. The molecule has 28 heavy (non-hydrogen) atoms. The second-order valence-corrected chi connectivity index (χ2v) is 5.49. The van der Waals surface area contributed by atoms with Crippen molar-refractivity contribution in [3.63, 3.8) is 0 Å². The first-order valence-electron chi connectivity index (χ1n) is 8.37. The van der Waals surface area contributed by atoms with Crippen LogP contribution >= 0.6 is 0 Å². The average molecular weight is 374 g/mol. The Morgan fingerprint density at radius 2 is 0.964 bits per heavy atom. The number of aliphatic carboxylic acids is 2. The summed E-state index contributed by atoms with van der Waals surface area (Å²) >= 11 is 0. The lowest BCUT2D eigenvalue weighted by molar-refractivity contribution is -0.345. The second-order valence-electron chi connectivity index (χ2n) is 5.49. The van der Waals surface area contributed by atoms with E-state index in [1.54, 1.807) is 0 Å². The molecule has 140 valence electrons. The van der Waals surface area contributed by atoms with E-state index in [9.17, 15) is 19.8 Å². The highest BCUT2D eigenvalue weighted by Gasteiger charge is 1.93. The summed E-state index contributed by atoms with van der Waals surface area (Å²) in [4.78, 5) is 25.1. The van der Waals surface area contributed by atoms with Gasteiger partial charge in [-0.15, -0.1) is 0 Å². The molecule has 0 atom stereocenters. The first kappa shape index (κ1) is 20.3. The fourth-order valence-electron chi connectivity index (χ4n) is 2.26. The maximum absolute atomic E-state index is 9.41. The van der Waals surface area contributed by atoms with Crippen molar-refractivity contribution in [1.82, 2.24) is 0 Å². The molecular weight excluding hydrogens is 356 g/mol. The number of H-pyrrole nitrogens is 2. The van der Waals surface area contributed by atoms with Crippen molar-refractivity contribution in [2.24, 2.45) is 0 Å². The van der Waals surface area contributed by atoms with Gasteiger partial charge in [-0.2, -0.15) is 0 Å². The zero-order chi connectivity index (χ0) is 20.2. The minimum atomic E-state index is -1.55. The highest BCUT2D eigenvalue weighted by molar-refractivity contribution is 5.87. The molecule has 0 aliphatic rings. The van der Waals surface area contributed by atoms with Crippen LogP contribution in [0, 0.1) is 0 Å². The van der Waals surface area contributed by atoms with E-state index in [1.165, 1.54) is 21.8 Å². The minimum absolute atomic E-state index is 0.384. The van der Waals surface area contributed by atoms with Crippen LogP contribution in [-0.2, 0) is 9.59 Å². The van der Waals surface area contributed by atoms with E-state index < -0.39 is 11.9 Å². The third kappa shape index (κ3) is 7.05. The lowest BCUT2D eigenvalue weighted by atomic mass is 10.2. The maximum Gasteiger partial charge on any atom is 0.210 e. The van der Waals surface area contributed by atoms with Crippen LogP contribution in [0.5, 0.6) is 0 Å². The monoisotopic (exact) mass is 374 g/mol. The van der Waals surface area contributed by atoms with E-state index in [0.29, 0.717) is 12.2 Å². The van der Waals surface area contributed by atoms with E-state index in [-0.39, 0.29) is 0 Å². The number of pyridine rings is 2. The van der Waals surface area contributed by atoms with Crippen LogP contribution in [0.15, 0.2) is 97.3 Å². The van der Waals surface area contributed by atoms with Crippen molar-refractivity contribution < 1.29 is 29.8 Å². The van der Waals surface area contributed by atoms with Gasteiger partial charge in [0.05, 0.1) is 11.9 Å². The Bertz CT molecular complexity index is 876. The largest absolute Gasteiger partial charge is 0.545 e. The van der Waals surface area contributed by atoms with E-state index in [4.69, 9.17) is 0 Å². The van der Waals surface area contributed by atoms with E-state index in [1.807, 2.05) is 48.8 Å². The van der Waals surface area contributed by atoms with Crippen molar-refractivity contribution in [3.8, 4) is 0 Å². The van der Waals surface area contributed by atoms with Gasteiger partial charge in [-0.1, -0.05) is 24.3 Å². The SMILES string of the molecule is O=C([O-])/C=C/C(=O)[O-].c1ccc2[nH+]cccc2c1.c1ccc2[nH+]cccc2c1. The first-order valence-corrected chi connectivity index (χ1v) is 8.37. The molecule has 2 heterocycles. The van der Waals surface area contributed by atoms with E-state index in [2.05, 4.69) is 46.4 Å². The number of carboxylic acid groups (broad SMARTS) is 2. The van der Waals surface area contributed by atoms with Gasteiger partial charge < -0.3 is 19.8 Å². The topological polar surface area (TPSA) is 109 Å². The molecule has 4 rings (SSSR count). The van der Waals surface area contributed by atoms with Crippen LogP contribution in [-0.4, -0.2) is 11.9 Å². The molecule has 0 amide bonds. The number of para-hydroxylation sites is 2. The van der Waals surface area contributed by atoms with Gasteiger partial charge in [0.1, 0.15) is 0 Å². The number of aromatic nitrogens is 2. The average Bonchev–Trinajstić information content (AvgIpc) is 2.73. The van der Waals surface area contributed by atoms with Gasteiger partial charge in [0.15, 0.2) is 12.4 Å². The van der Waals surface area contributed by atoms with Gasteiger partial charge in [-0.3, -0.25) is 0 Å². The van der Waals surface area contributed by atoms with Gasteiger partial charge in [-0.25, -0.2) is 9.97 Å². The Morgan fingerprint density at radius 1 is 0.607 bits per heavy atom. The highest BCUT2D eigenvalue weighted by Crippen LogP contribution is 2.05. The van der Waals surface area contributed by atoms with Crippen LogP contribution in [0.4, 0.5) is 0 Å². The van der Waals surface area contributed by atoms with Crippen LogP contribution in [0.25, 0.3) is 21.8 Å². The number of carbonyl (C=O) groups is 2. The number of hydrogen-bond acceptors (Lipinski definition) is 4. The molecule has 0 bridgehead atoms. The molecule has 6 heteroatoms. The molecule has 6 nitrogen and oxygen atoms in total. The minimum Gasteiger partial charge on any atom is -0.545 e. The highest BCUT2D eigenvalue weighted by atomic mass is 16.4. The quantitative estimate of drug-likeness (QED) is 0.472. The van der Waals surface area contributed by atoms with Crippen molar-refractivity contribution >= 4 is 33.7 Å². The molecule has 4 aromatic rings. The molecule has 0 aliphatic carbocycles. The van der Waals surface area contributed by atoms with Gasteiger partial charge >= 0.3 is 0 Å². The lowest BCUT2D eigenvalue weighted by Crippen LogP contribution is -2.23. The summed E-state index contributed by atoms with van der Waals surface area (Å²) < 4.78 is 0. The standard InChI is InChI=1S/2C9H7N.C4H4O4/c2*1-2-6-9-8(4-1)5-3-7-10-9;5-3(6)1-2-4(7)8/h2*1-7H;1-2H,(H,5,6)(H,7,8)/b;;2-1+. The second kappa shape index (κ2) is 10.8. The van der Waals surface area contributed by atoms with Crippen LogP contribution in [0.3, 0.4) is 0 Å². The molecule has 0 radical (unpaired) electrons. The van der Waals surface area contributed by atoms with Crippen LogP contribution < -0.4 is 20.2 Å². The summed E-state index contributed by atoms with van der Waals surface area (Å²) in [7, 11) is 0. The van der Waals surface area contributed by atoms with Crippen LogP contribution in [0.2, 0.25) is 0 Å². The summed E-state index contributed by atoms with van der Waals surface area (Å²) in [5.74, 6) is -3.09. The van der Waals surface area contributed by atoms with Crippen molar-refractivity contribution in [3.05, 3.63) is 97.3 Å². The fraction of sp³-hybridized carbons (Fsp3) is 0. The molecule has 0 saturated carbocycles. The lowest BCUT2D eigenvalue weighted by Gasteiger charge is -1.90. The number of benzene rings is 2. The van der Waals surface area contributed by atoms with Gasteiger partial charge in [0, 0.05) is 35.0 Å². The smallest absolute Gasteiger partial charge is 0.210 e. The number of carbonyl (C=O) groups excluding carboxylic acids is 2. The van der Waals surface area contributed by atoms with Crippen molar-refractivity contribution in [2.45, 2.75) is 0 Å². The molecule has 0 fully saturated rings. The summed E-state index contributed by atoms with van der Waals surface area (Å²) in [5, 5.41) is 21.3. The number of fused-ring (bicyclic) bond motifs is 2. The van der Waals surface area contributed by atoms with E-state index in [0.717, 1.165) is 0 Å². The number of aromatic amines is 2. The fourth-order valence-corrected chi connectivity index (χ4v) is 2.26. The Labute approximate surface area is 161 Å². The molecule has 0 unspecified atom stereocenters. The summed E-state index contributed by atoms with van der Waals surface area (Å²) in [5.41, 5.74) is 2.37. The third-order valence-electron chi connectivity index (χ3n) is 3.50. The van der Waals surface area contributed by atoms with Gasteiger partial charge in [-0.05, 0) is 36.4 Å². The number of rotatable bonds is 2. The van der Waals surface area contributed by atoms with Crippen molar-refractivity contribution in [2.75, 3.05) is 0 Å². The summed E-state index contributed by atoms with van der Waals surface area (Å²) in [6.45, 7) is 0. The molecule has 2 aromatic heterocycles. The number of nitrogens with one attached hydrogen (secondary N) is 2. The third-order valence-corrected chi connectivity index (χ3v) is 3.50. The molecule has 0 aliphatic heterocycles. The predicted octanol–water partition coefficient (Wildman–Crippen LogP) is 0.350. The van der Waals surface area contributed by atoms with Gasteiger partial charge in [0.2, 0.25) is 11.0 Å². The number of carboxylic acids is 2. The zero-order valence-electron chi connectivity index (χ0n) is 14.9. The van der Waals surface area contributed by atoms with Crippen LogP contribution in [0.1, 0.15) is 0 Å². The van der Waals surface area contributed by atoms with E-state index >= 15 is 0 Å². The molecule has 2 N–H and O–H groups in total. The van der Waals surface area contributed by atoms with Crippen molar-refractivity contribution in [1.29, 1.82) is 0 Å². The Kier molecular flexibility index (Phi) is 7.83. The number of hydrogen-bond donors (Lipinski definition) is 0.